The standard InChI is InChI=1S/C30H36N2O3/c33-22-27-29(25-12-10-23(11-13-25)14-17-30(35)15-4-5-16-30)26-21-31(18-6-7-19-32(26)27)28(34)20-24-8-2-1-3-9-24/h1-3,8-13,26-27,29,33,35H,4-7,15-16,18-22H2/t26-,27+,29-/m1/s1. The molecule has 1 saturated carbocycles. The van der Waals surface area contributed by atoms with Crippen molar-refractivity contribution < 1.29 is 15.0 Å². The minimum Gasteiger partial charge on any atom is -0.395 e. The molecule has 0 aromatic heterocycles. The maximum absolute atomic E-state index is 13.2. The smallest absolute Gasteiger partial charge is 0.227 e. The molecule has 3 atom stereocenters. The van der Waals surface area contributed by atoms with Gasteiger partial charge in [-0.05, 0) is 68.3 Å². The fraction of sp³-hybridized carbons (Fsp3) is 0.500. The predicted molar refractivity (Wildman–Crippen MR) is 137 cm³/mol. The molecule has 5 rings (SSSR count). The van der Waals surface area contributed by atoms with E-state index in [9.17, 15) is 15.0 Å². The summed E-state index contributed by atoms with van der Waals surface area (Å²) in [6.45, 7) is 2.58. The average molecular weight is 473 g/mol. The fourth-order valence-electron chi connectivity index (χ4n) is 6.11. The zero-order chi connectivity index (χ0) is 24.3. The molecule has 2 aromatic rings. The Bertz CT molecular complexity index is 1070. The molecule has 0 unspecified atom stereocenters. The number of rotatable bonds is 4. The van der Waals surface area contributed by atoms with Crippen LogP contribution in [0.4, 0.5) is 0 Å². The summed E-state index contributed by atoms with van der Waals surface area (Å²) in [6, 6.07) is 18.5. The topological polar surface area (TPSA) is 64.0 Å². The molecule has 2 N–H and O–H groups in total. The van der Waals surface area contributed by atoms with E-state index in [1.807, 2.05) is 47.4 Å². The highest BCUT2D eigenvalue weighted by Gasteiger charge is 2.49. The summed E-state index contributed by atoms with van der Waals surface area (Å²) < 4.78 is 0. The van der Waals surface area contributed by atoms with Gasteiger partial charge in [0.15, 0.2) is 0 Å². The number of hydrogen-bond acceptors (Lipinski definition) is 4. The van der Waals surface area contributed by atoms with Crippen LogP contribution in [-0.2, 0) is 11.2 Å². The van der Waals surface area contributed by atoms with Crippen molar-refractivity contribution in [3.63, 3.8) is 0 Å². The van der Waals surface area contributed by atoms with Crippen molar-refractivity contribution in [3.8, 4) is 11.8 Å². The maximum Gasteiger partial charge on any atom is 0.227 e. The van der Waals surface area contributed by atoms with E-state index in [-0.39, 0.29) is 30.5 Å². The monoisotopic (exact) mass is 472 g/mol. The zero-order valence-electron chi connectivity index (χ0n) is 20.4. The second kappa shape index (κ2) is 10.5. The van der Waals surface area contributed by atoms with Gasteiger partial charge in [-0.3, -0.25) is 9.69 Å². The summed E-state index contributed by atoms with van der Waals surface area (Å²) in [7, 11) is 0. The van der Waals surface area contributed by atoms with E-state index in [1.54, 1.807) is 0 Å². The quantitative estimate of drug-likeness (QED) is 0.670. The van der Waals surface area contributed by atoms with Crippen molar-refractivity contribution in [1.82, 2.24) is 9.80 Å². The third kappa shape index (κ3) is 5.30. The summed E-state index contributed by atoms with van der Waals surface area (Å²) in [4.78, 5) is 17.6. The van der Waals surface area contributed by atoms with Gasteiger partial charge >= 0.3 is 0 Å². The van der Waals surface area contributed by atoms with Crippen LogP contribution in [-0.4, -0.2) is 69.8 Å². The molecule has 184 valence electrons. The van der Waals surface area contributed by atoms with Gasteiger partial charge in [-0.15, -0.1) is 0 Å². The van der Waals surface area contributed by atoms with Gasteiger partial charge in [0.2, 0.25) is 5.91 Å². The molecule has 1 aliphatic carbocycles. The highest BCUT2D eigenvalue weighted by atomic mass is 16.3. The van der Waals surface area contributed by atoms with Crippen LogP contribution in [0.5, 0.6) is 0 Å². The van der Waals surface area contributed by atoms with Crippen LogP contribution in [0.3, 0.4) is 0 Å². The Balaban J connectivity index is 1.31. The van der Waals surface area contributed by atoms with E-state index in [0.29, 0.717) is 13.0 Å². The summed E-state index contributed by atoms with van der Waals surface area (Å²) >= 11 is 0. The van der Waals surface area contributed by atoms with Gasteiger partial charge in [0.1, 0.15) is 5.60 Å². The lowest BCUT2D eigenvalue weighted by atomic mass is 9.74. The van der Waals surface area contributed by atoms with Crippen LogP contribution in [0.2, 0.25) is 0 Å². The van der Waals surface area contributed by atoms with Crippen molar-refractivity contribution in [2.45, 2.75) is 68.5 Å². The Morgan fingerprint density at radius 1 is 0.971 bits per heavy atom. The van der Waals surface area contributed by atoms with Crippen LogP contribution in [0.15, 0.2) is 54.6 Å². The fourth-order valence-corrected chi connectivity index (χ4v) is 6.11. The molecule has 3 fully saturated rings. The molecule has 0 bridgehead atoms. The molecule has 2 saturated heterocycles. The molecule has 1 amide bonds. The number of aliphatic hydroxyl groups is 2. The Morgan fingerprint density at radius 3 is 2.40 bits per heavy atom. The summed E-state index contributed by atoms with van der Waals surface area (Å²) in [5, 5.41) is 20.7. The van der Waals surface area contributed by atoms with Crippen LogP contribution in [0.1, 0.15) is 61.1 Å². The number of benzene rings is 2. The third-order valence-corrected chi connectivity index (χ3v) is 8.09. The molecule has 35 heavy (non-hydrogen) atoms. The number of amides is 1. The molecule has 0 radical (unpaired) electrons. The number of carbonyl (C=O) groups is 1. The minimum absolute atomic E-state index is 0.0836. The van der Waals surface area contributed by atoms with Crippen molar-refractivity contribution in [1.29, 1.82) is 0 Å². The molecule has 2 aromatic carbocycles. The molecule has 5 nitrogen and oxygen atoms in total. The zero-order valence-corrected chi connectivity index (χ0v) is 20.4. The largest absolute Gasteiger partial charge is 0.395 e. The first-order valence-electron chi connectivity index (χ1n) is 13.1. The summed E-state index contributed by atoms with van der Waals surface area (Å²) in [6.07, 6.45) is 6.05. The van der Waals surface area contributed by atoms with Gasteiger partial charge in [0.05, 0.1) is 13.0 Å². The SMILES string of the molecule is O=C(Cc1ccccc1)N1CCCCN2[C@H](C1)[C@@H](c1ccc(C#CC3(O)CCCC3)cc1)[C@@H]2CO. The highest BCUT2D eigenvalue weighted by molar-refractivity contribution is 5.78. The Hall–Kier alpha value is -2.65. The third-order valence-electron chi connectivity index (χ3n) is 8.09. The predicted octanol–water partition coefficient (Wildman–Crippen LogP) is 3.34. The molecule has 2 aliphatic heterocycles. The number of aliphatic hydroxyl groups excluding tert-OH is 1. The molecule has 3 aliphatic rings. The van der Waals surface area contributed by atoms with Crippen molar-refractivity contribution in [3.05, 3.63) is 71.3 Å². The van der Waals surface area contributed by atoms with Gasteiger partial charge in [-0.25, -0.2) is 0 Å². The lowest BCUT2D eigenvalue weighted by molar-refractivity contribution is -0.135. The Labute approximate surface area is 208 Å². The lowest BCUT2D eigenvalue weighted by Gasteiger charge is -2.57. The molecule has 2 heterocycles. The highest BCUT2D eigenvalue weighted by Crippen LogP contribution is 2.42. The number of carbonyl (C=O) groups excluding carboxylic acids is 1. The summed E-state index contributed by atoms with van der Waals surface area (Å²) in [5.74, 6) is 6.61. The second-order valence-electron chi connectivity index (χ2n) is 10.4. The Morgan fingerprint density at radius 2 is 1.69 bits per heavy atom. The minimum atomic E-state index is -0.830. The second-order valence-corrected chi connectivity index (χ2v) is 10.4. The van der Waals surface area contributed by atoms with Crippen molar-refractivity contribution in [2.24, 2.45) is 0 Å². The van der Waals surface area contributed by atoms with E-state index in [0.717, 1.165) is 62.7 Å². The van der Waals surface area contributed by atoms with Crippen LogP contribution < -0.4 is 0 Å². The van der Waals surface area contributed by atoms with Gasteiger partial charge < -0.3 is 15.1 Å². The lowest BCUT2D eigenvalue weighted by Crippen LogP contribution is -2.68. The van der Waals surface area contributed by atoms with E-state index in [4.69, 9.17) is 0 Å². The van der Waals surface area contributed by atoms with Gasteiger partial charge in [-0.1, -0.05) is 54.3 Å². The van der Waals surface area contributed by atoms with E-state index >= 15 is 0 Å². The van der Waals surface area contributed by atoms with E-state index in [1.165, 1.54) is 5.56 Å². The first kappa shape index (κ1) is 24.1. The number of hydrogen-bond donors (Lipinski definition) is 2. The number of fused-ring (bicyclic) bond motifs is 1. The van der Waals surface area contributed by atoms with Crippen LogP contribution in [0, 0.1) is 11.8 Å². The van der Waals surface area contributed by atoms with Crippen molar-refractivity contribution >= 4 is 5.91 Å². The number of nitrogens with zero attached hydrogens (tertiary/aromatic N) is 2. The van der Waals surface area contributed by atoms with Gasteiger partial charge in [0, 0.05) is 36.7 Å². The van der Waals surface area contributed by atoms with E-state index < -0.39 is 5.60 Å². The van der Waals surface area contributed by atoms with Gasteiger partial charge in [0.25, 0.3) is 0 Å². The molecule has 0 spiro atoms. The average Bonchev–Trinajstić information content (AvgIpc) is 3.30. The summed E-state index contributed by atoms with van der Waals surface area (Å²) in [5.41, 5.74) is 2.31. The van der Waals surface area contributed by atoms with Crippen LogP contribution >= 0.6 is 0 Å². The maximum atomic E-state index is 13.2. The van der Waals surface area contributed by atoms with Gasteiger partial charge in [-0.2, -0.15) is 0 Å². The van der Waals surface area contributed by atoms with E-state index in [2.05, 4.69) is 28.9 Å². The van der Waals surface area contributed by atoms with Crippen molar-refractivity contribution in [2.75, 3.05) is 26.2 Å². The molecule has 5 heteroatoms. The molecular weight excluding hydrogens is 436 g/mol. The first-order valence-corrected chi connectivity index (χ1v) is 13.1. The normalized spacial score (nSPS) is 26.0. The Kier molecular flexibility index (Phi) is 7.24. The van der Waals surface area contributed by atoms with Crippen LogP contribution in [0.25, 0.3) is 0 Å². The first-order chi connectivity index (χ1) is 17.1. The molecular formula is C30H36N2O3.